The van der Waals surface area contributed by atoms with Gasteiger partial charge in [0.25, 0.3) is 5.91 Å². The number of carbonyl (C=O) groups is 1. The predicted octanol–water partition coefficient (Wildman–Crippen LogP) is 2.50. The Kier molecular flexibility index (Phi) is 5.50. The number of amides is 1. The number of hydrogen-bond acceptors (Lipinski definition) is 3. The molecule has 0 bridgehead atoms. The number of carbonyl (C=O) groups excluding carboxylic acids is 1. The van der Waals surface area contributed by atoms with Gasteiger partial charge in [0.2, 0.25) is 0 Å². The Morgan fingerprint density at radius 2 is 2.10 bits per heavy atom. The van der Waals surface area contributed by atoms with Gasteiger partial charge in [-0.2, -0.15) is 8.78 Å². The van der Waals surface area contributed by atoms with E-state index in [4.69, 9.17) is 0 Å². The Balaban J connectivity index is 1.91. The summed E-state index contributed by atoms with van der Waals surface area (Å²) in [7, 11) is 1.75. The molecule has 1 unspecified atom stereocenters. The molecule has 1 fully saturated rings. The second-order valence-electron chi connectivity index (χ2n) is 5.24. The lowest BCUT2D eigenvalue weighted by molar-refractivity contribution is -0.0498. The van der Waals surface area contributed by atoms with E-state index in [1.165, 1.54) is 37.1 Å². The minimum Gasteiger partial charge on any atom is -0.435 e. The molecule has 21 heavy (non-hydrogen) atoms. The summed E-state index contributed by atoms with van der Waals surface area (Å²) in [5, 5.41) is 3.39. The third-order valence-electron chi connectivity index (χ3n) is 3.58. The highest BCUT2D eigenvalue weighted by Gasteiger charge is 2.18. The number of ether oxygens (including phenoxy) is 1. The second-order valence-corrected chi connectivity index (χ2v) is 5.24. The number of benzene rings is 1. The number of halogens is 2. The maximum Gasteiger partial charge on any atom is 0.387 e. The zero-order valence-electron chi connectivity index (χ0n) is 12.0. The van der Waals surface area contributed by atoms with Crippen LogP contribution in [0.5, 0.6) is 5.75 Å². The normalized spacial score (nSPS) is 18.6. The molecule has 1 saturated heterocycles. The number of piperidine rings is 1. The molecule has 1 aromatic carbocycles. The van der Waals surface area contributed by atoms with E-state index in [0.717, 1.165) is 13.0 Å². The zero-order chi connectivity index (χ0) is 15.2. The molecule has 0 spiro atoms. The van der Waals surface area contributed by atoms with E-state index in [2.05, 4.69) is 10.1 Å². The van der Waals surface area contributed by atoms with Gasteiger partial charge in [-0.15, -0.1) is 0 Å². The SMILES string of the molecule is CN(CC1CCCCN1)C(=O)c1ccc(OC(F)F)cc1. The van der Waals surface area contributed by atoms with Gasteiger partial charge in [0.15, 0.2) is 0 Å². The van der Waals surface area contributed by atoms with Crippen molar-refractivity contribution in [2.75, 3.05) is 20.1 Å². The molecule has 1 aliphatic rings. The van der Waals surface area contributed by atoms with E-state index < -0.39 is 6.61 Å². The van der Waals surface area contributed by atoms with Crippen molar-refractivity contribution in [3.8, 4) is 5.75 Å². The van der Waals surface area contributed by atoms with Crippen molar-refractivity contribution < 1.29 is 18.3 Å². The van der Waals surface area contributed by atoms with Crippen molar-refractivity contribution in [3.63, 3.8) is 0 Å². The van der Waals surface area contributed by atoms with Gasteiger partial charge in [0.05, 0.1) is 0 Å². The fourth-order valence-electron chi connectivity index (χ4n) is 2.49. The molecule has 1 N–H and O–H groups in total. The summed E-state index contributed by atoms with van der Waals surface area (Å²) >= 11 is 0. The number of rotatable bonds is 5. The largest absolute Gasteiger partial charge is 0.435 e. The molecule has 0 saturated carbocycles. The van der Waals surface area contributed by atoms with Crippen LogP contribution in [0.2, 0.25) is 0 Å². The molecular formula is C15H20F2N2O2. The Bertz CT molecular complexity index is 459. The zero-order valence-corrected chi connectivity index (χ0v) is 12.0. The maximum atomic E-state index is 12.3. The van der Waals surface area contributed by atoms with Gasteiger partial charge >= 0.3 is 6.61 Å². The van der Waals surface area contributed by atoms with Crippen LogP contribution in [0, 0.1) is 0 Å². The standard InChI is InChI=1S/C15H20F2N2O2/c1-19(10-12-4-2-3-9-18-12)14(20)11-5-7-13(8-6-11)21-15(16)17/h5-8,12,15,18H,2-4,9-10H2,1H3. The number of nitrogens with zero attached hydrogens (tertiary/aromatic N) is 1. The van der Waals surface area contributed by atoms with E-state index in [1.54, 1.807) is 11.9 Å². The van der Waals surface area contributed by atoms with Crippen molar-refractivity contribution in [1.29, 1.82) is 0 Å². The van der Waals surface area contributed by atoms with Gasteiger partial charge in [0, 0.05) is 25.2 Å². The molecule has 1 atom stereocenters. The van der Waals surface area contributed by atoms with Crippen LogP contribution < -0.4 is 10.1 Å². The fourth-order valence-corrected chi connectivity index (χ4v) is 2.49. The Hall–Kier alpha value is -1.69. The van der Waals surface area contributed by atoms with Crippen molar-refractivity contribution in [2.45, 2.75) is 31.9 Å². The summed E-state index contributed by atoms with van der Waals surface area (Å²) in [5.41, 5.74) is 0.468. The lowest BCUT2D eigenvalue weighted by atomic mass is 10.0. The molecule has 1 aliphatic heterocycles. The minimum absolute atomic E-state index is 0.0538. The summed E-state index contributed by atoms with van der Waals surface area (Å²) in [6, 6.07) is 6.10. The van der Waals surface area contributed by atoms with Gasteiger partial charge in [-0.1, -0.05) is 6.42 Å². The summed E-state index contributed by atoms with van der Waals surface area (Å²) in [5.74, 6) is -0.0656. The highest BCUT2D eigenvalue weighted by molar-refractivity contribution is 5.94. The predicted molar refractivity (Wildman–Crippen MR) is 75.7 cm³/mol. The minimum atomic E-state index is -2.85. The Labute approximate surface area is 123 Å². The van der Waals surface area contributed by atoms with Crippen LogP contribution in [0.1, 0.15) is 29.6 Å². The molecule has 0 aliphatic carbocycles. The molecule has 6 heteroatoms. The van der Waals surface area contributed by atoms with E-state index in [0.29, 0.717) is 18.2 Å². The third-order valence-corrected chi connectivity index (χ3v) is 3.58. The molecule has 116 valence electrons. The van der Waals surface area contributed by atoms with Crippen LogP contribution >= 0.6 is 0 Å². The van der Waals surface area contributed by atoms with Crippen molar-refractivity contribution >= 4 is 5.91 Å². The highest BCUT2D eigenvalue weighted by atomic mass is 19.3. The Morgan fingerprint density at radius 3 is 2.67 bits per heavy atom. The first-order valence-corrected chi connectivity index (χ1v) is 7.10. The summed E-state index contributed by atoms with van der Waals surface area (Å²) in [6.07, 6.45) is 3.43. The van der Waals surface area contributed by atoms with Crippen molar-refractivity contribution in [2.24, 2.45) is 0 Å². The summed E-state index contributed by atoms with van der Waals surface area (Å²) in [4.78, 5) is 13.9. The topological polar surface area (TPSA) is 41.6 Å². The number of hydrogen-bond donors (Lipinski definition) is 1. The number of likely N-dealkylation sites (N-methyl/N-ethyl adjacent to an activating group) is 1. The van der Waals surface area contributed by atoms with Crippen LogP contribution in [0.25, 0.3) is 0 Å². The van der Waals surface area contributed by atoms with Gasteiger partial charge in [-0.3, -0.25) is 4.79 Å². The molecule has 1 amide bonds. The smallest absolute Gasteiger partial charge is 0.387 e. The van der Waals surface area contributed by atoms with E-state index >= 15 is 0 Å². The first-order chi connectivity index (χ1) is 10.1. The first-order valence-electron chi connectivity index (χ1n) is 7.10. The van der Waals surface area contributed by atoms with E-state index in [9.17, 15) is 13.6 Å². The van der Waals surface area contributed by atoms with E-state index in [-0.39, 0.29) is 11.7 Å². The number of alkyl halides is 2. The molecule has 4 nitrogen and oxygen atoms in total. The van der Waals surface area contributed by atoms with E-state index in [1.807, 2.05) is 0 Å². The lowest BCUT2D eigenvalue weighted by Crippen LogP contribution is -2.44. The summed E-state index contributed by atoms with van der Waals surface area (Å²) < 4.78 is 28.4. The average molecular weight is 298 g/mol. The van der Waals surface area contributed by atoms with Crippen molar-refractivity contribution in [3.05, 3.63) is 29.8 Å². The van der Waals surface area contributed by atoms with Crippen LogP contribution in [-0.4, -0.2) is 43.6 Å². The fraction of sp³-hybridized carbons (Fsp3) is 0.533. The maximum absolute atomic E-state index is 12.3. The van der Waals surface area contributed by atoms with Crippen LogP contribution in [0.4, 0.5) is 8.78 Å². The van der Waals surface area contributed by atoms with Gasteiger partial charge in [-0.05, 0) is 43.7 Å². The van der Waals surface area contributed by atoms with Crippen LogP contribution in [0.15, 0.2) is 24.3 Å². The monoisotopic (exact) mass is 298 g/mol. The molecule has 1 aromatic rings. The average Bonchev–Trinajstić information content (AvgIpc) is 2.47. The van der Waals surface area contributed by atoms with Crippen LogP contribution in [-0.2, 0) is 0 Å². The van der Waals surface area contributed by atoms with Gasteiger partial charge in [-0.25, -0.2) is 0 Å². The first kappa shape index (κ1) is 15.7. The lowest BCUT2D eigenvalue weighted by Gasteiger charge is -2.28. The number of nitrogens with one attached hydrogen (secondary N) is 1. The van der Waals surface area contributed by atoms with Gasteiger partial charge in [0.1, 0.15) is 5.75 Å². The second kappa shape index (κ2) is 7.36. The Morgan fingerprint density at radius 1 is 1.38 bits per heavy atom. The van der Waals surface area contributed by atoms with Crippen molar-refractivity contribution in [1.82, 2.24) is 10.2 Å². The highest BCUT2D eigenvalue weighted by Crippen LogP contribution is 2.16. The molecule has 2 rings (SSSR count). The molecule has 0 aromatic heterocycles. The van der Waals surface area contributed by atoms with Gasteiger partial charge < -0.3 is 15.0 Å². The molecule has 1 heterocycles. The molecular weight excluding hydrogens is 278 g/mol. The quantitative estimate of drug-likeness (QED) is 0.908. The summed E-state index contributed by atoms with van der Waals surface area (Å²) in [6.45, 7) is -1.22. The third kappa shape index (κ3) is 4.67. The van der Waals surface area contributed by atoms with Crippen LogP contribution in [0.3, 0.4) is 0 Å². The molecule has 0 radical (unpaired) electrons.